The van der Waals surface area contributed by atoms with Gasteiger partial charge in [0.15, 0.2) is 5.17 Å². The predicted molar refractivity (Wildman–Crippen MR) is 64.6 cm³/mol. The highest BCUT2D eigenvalue weighted by molar-refractivity contribution is 8.14. The van der Waals surface area contributed by atoms with E-state index < -0.39 is 5.60 Å². The van der Waals surface area contributed by atoms with E-state index >= 15 is 0 Å². The molecule has 2 unspecified atom stereocenters. The minimum Gasteiger partial charge on any atom is -0.444 e. The second-order valence-corrected chi connectivity index (χ2v) is 6.34. The van der Waals surface area contributed by atoms with Gasteiger partial charge in [-0.05, 0) is 20.8 Å². The van der Waals surface area contributed by atoms with Crippen LogP contribution in [0.4, 0.5) is 4.79 Å². The fourth-order valence-corrected chi connectivity index (χ4v) is 2.89. The first-order chi connectivity index (χ1) is 7.35. The molecule has 16 heavy (non-hydrogen) atoms. The van der Waals surface area contributed by atoms with E-state index in [1.54, 1.807) is 16.7 Å². The van der Waals surface area contributed by atoms with Crippen molar-refractivity contribution in [2.24, 2.45) is 10.7 Å². The lowest BCUT2D eigenvalue weighted by atomic mass is 10.2. The maximum atomic E-state index is 11.8. The molecule has 6 heteroatoms. The van der Waals surface area contributed by atoms with Crippen molar-refractivity contribution in [1.29, 1.82) is 0 Å². The van der Waals surface area contributed by atoms with Crippen molar-refractivity contribution >= 4 is 23.0 Å². The van der Waals surface area contributed by atoms with Gasteiger partial charge < -0.3 is 15.4 Å². The van der Waals surface area contributed by atoms with Crippen LogP contribution in [0.2, 0.25) is 0 Å². The predicted octanol–water partition coefficient (Wildman–Crippen LogP) is 1.04. The summed E-state index contributed by atoms with van der Waals surface area (Å²) in [5.41, 5.74) is 5.19. The van der Waals surface area contributed by atoms with Crippen LogP contribution < -0.4 is 5.73 Å². The Bertz CT molecular complexity index is 337. The Balaban J connectivity index is 1.93. The highest BCUT2D eigenvalue weighted by Gasteiger charge is 2.41. The first kappa shape index (κ1) is 11.6. The summed E-state index contributed by atoms with van der Waals surface area (Å²) in [6, 6.07) is 0.150. The second kappa shape index (κ2) is 3.84. The third kappa shape index (κ3) is 2.42. The standard InChI is InChI=1S/C10H17N3O2S/c1-10(2,3)15-9(14)13-4-6-7(5-13)16-8(11)12-6/h6-7H,4-5H2,1-3H3,(H2,11,12). The quantitative estimate of drug-likeness (QED) is 0.690. The topological polar surface area (TPSA) is 67.9 Å². The van der Waals surface area contributed by atoms with Gasteiger partial charge in [0.1, 0.15) is 5.60 Å². The van der Waals surface area contributed by atoms with E-state index in [0.29, 0.717) is 23.5 Å². The number of amidine groups is 1. The molecule has 0 spiro atoms. The normalized spacial score (nSPS) is 28.9. The van der Waals surface area contributed by atoms with Gasteiger partial charge in [-0.3, -0.25) is 4.99 Å². The molecule has 0 aromatic heterocycles. The zero-order chi connectivity index (χ0) is 11.9. The number of hydrogen-bond acceptors (Lipinski definition) is 5. The zero-order valence-electron chi connectivity index (χ0n) is 9.77. The molecule has 0 aromatic carbocycles. The highest BCUT2D eigenvalue weighted by Crippen LogP contribution is 2.31. The summed E-state index contributed by atoms with van der Waals surface area (Å²) in [6.07, 6.45) is -0.253. The van der Waals surface area contributed by atoms with Crippen molar-refractivity contribution in [3.63, 3.8) is 0 Å². The Labute approximate surface area is 99.4 Å². The molecular formula is C10H17N3O2S. The molecule has 0 aromatic rings. The van der Waals surface area contributed by atoms with E-state index in [1.165, 1.54) is 0 Å². The van der Waals surface area contributed by atoms with Gasteiger partial charge in [0.05, 0.1) is 11.3 Å². The minimum atomic E-state index is -0.440. The van der Waals surface area contributed by atoms with Crippen LogP contribution in [0.15, 0.2) is 4.99 Å². The van der Waals surface area contributed by atoms with E-state index in [9.17, 15) is 4.79 Å². The van der Waals surface area contributed by atoms with Gasteiger partial charge in [-0.1, -0.05) is 11.8 Å². The summed E-state index contributed by atoms with van der Waals surface area (Å²) in [6.45, 7) is 6.90. The number of fused-ring (bicyclic) bond motifs is 1. The van der Waals surface area contributed by atoms with E-state index in [4.69, 9.17) is 10.5 Å². The molecule has 2 aliphatic heterocycles. The Morgan fingerprint density at radius 3 is 2.81 bits per heavy atom. The number of aliphatic imine (C=N–C) groups is 1. The van der Waals surface area contributed by atoms with Gasteiger partial charge in [0.25, 0.3) is 0 Å². The number of nitrogens with zero attached hydrogens (tertiary/aromatic N) is 2. The molecule has 5 nitrogen and oxygen atoms in total. The van der Waals surface area contributed by atoms with Gasteiger partial charge in [-0.2, -0.15) is 0 Å². The lowest BCUT2D eigenvalue weighted by molar-refractivity contribution is 0.0293. The number of thioether (sulfide) groups is 1. The number of rotatable bonds is 0. The smallest absolute Gasteiger partial charge is 0.410 e. The number of nitrogens with two attached hydrogens (primary N) is 1. The Morgan fingerprint density at radius 1 is 1.56 bits per heavy atom. The second-order valence-electron chi connectivity index (χ2n) is 5.08. The zero-order valence-corrected chi connectivity index (χ0v) is 10.6. The SMILES string of the molecule is CC(C)(C)OC(=O)N1CC2N=C(N)SC2C1. The minimum absolute atomic E-state index is 0.150. The Kier molecular flexibility index (Phi) is 2.77. The fourth-order valence-electron chi connectivity index (χ4n) is 1.82. The first-order valence-electron chi connectivity index (χ1n) is 5.33. The van der Waals surface area contributed by atoms with Crippen LogP contribution in [-0.4, -0.2) is 46.1 Å². The van der Waals surface area contributed by atoms with Crippen molar-refractivity contribution in [1.82, 2.24) is 4.90 Å². The molecule has 2 aliphatic rings. The van der Waals surface area contributed by atoms with Crippen LogP contribution in [0, 0.1) is 0 Å². The molecular weight excluding hydrogens is 226 g/mol. The first-order valence-corrected chi connectivity index (χ1v) is 6.21. The van der Waals surface area contributed by atoms with Gasteiger partial charge >= 0.3 is 6.09 Å². The summed E-state index contributed by atoms with van der Waals surface area (Å²) in [5.74, 6) is 0. The lowest BCUT2D eigenvalue weighted by Crippen LogP contribution is -2.36. The largest absolute Gasteiger partial charge is 0.444 e. The van der Waals surface area contributed by atoms with Crippen molar-refractivity contribution < 1.29 is 9.53 Å². The third-order valence-corrected chi connectivity index (χ3v) is 3.57. The molecule has 2 atom stereocenters. The van der Waals surface area contributed by atoms with Crippen LogP contribution in [0.5, 0.6) is 0 Å². The number of carbonyl (C=O) groups excluding carboxylic acids is 1. The summed E-state index contributed by atoms with van der Waals surface area (Å²) in [5, 5.41) is 0.950. The van der Waals surface area contributed by atoms with E-state index in [2.05, 4.69) is 4.99 Å². The number of hydrogen-bond donors (Lipinski definition) is 1. The molecule has 90 valence electrons. The number of amides is 1. The third-order valence-electron chi connectivity index (χ3n) is 2.45. The molecule has 2 N–H and O–H groups in total. The van der Waals surface area contributed by atoms with Gasteiger partial charge in [0, 0.05) is 13.1 Å². The van der Waals surface area contributed by atoms with E-state index in [1.807, 2.05) is 20.8 Å². The molecule has 2 heterocycles. The molecule has 0 aliphatic carbocycles. The van der Waals surface area contributed by atoms with Gasteiger partial charge in [0.2, 0.25) is 0 Å². The molecule has 0 saturated carbocycles. The van der Waals surface area contributed by atoms with Crippen LogP contribution in [-0.2, 0) is 4.74 Å². The lowest BCUT2D eigenvalue weighted by Gasteiger charge is -2.24. The summed E-state index contributed by atoms with van der Waals surface area (Å²) in [4.78, 5) is 17.8. The fraction of sp³-hybridized carbons (Fsp3) is 0.800. The summed E-state index contributed by atoms with van der Waals surface area (Å²) in [7, 11) is 0. The molecule has 1 fully saturated rings. The average molecular weight is 243 g/mol. The Hall–Kier alpha value is -0.910. The van der Waals surface area contributed by atoms with E-state index in [-0.39, 0.29) is 12.1 Å². The van der Waals surface area contributed by atoms with Crippen LogP contribution >= 0.6 is 11.8 Å². The maximum Gasteiger partial charge on any atom is 0.410 e. The number of likely N-dealkylation sites (tertiary alicyclic amines) is 1. The van der Waals surface area contributed by atoms with Crippen molar-refractivity contribution in [3.8, 4) is 0 Å². The van der Waals surface area contributed by atoms with Crippen LogP contribution in [0.25, 0.3) is 0 Å². The molecule has 1 amide bonds. The number of ether oxygens (including phenoxy) is 1. The van der Waals surface area contributed by atoms with Crippen molar-refractivity contribution in [2.45, 2.75) is 37.7 Å². The monoisotopic (exact) mass is 243 g/mol. The molecule has 2 rings (SSSR count). The van der Waals surface area contributed by atoms with Gasteiger partial charge in [-0.15, -0.1) is 0 Å². The van der Waals surface area contributed by atoms with Gasteiger partial charge in [-0.25, -0.2) is 4.79 Å². The molecule has 1 saturated heterocycles. The highest BCUT2D eigenvalue weighted by atomic mass is 32.2. The number of carbonyl (C=O) groups is 1. The van der Waals surface area contributed by atoms with Crippen LogP contribution in [0.3, 0.4) is 0 Å². The van der Waals surface area contributed by atoms with E-state index in [0.717, 1.165) is 0 Å². The van der Waals surface area contributed by atoms with Crippen LogP contribution in [0.1, 0.15) is 20.8 Å². The average Bonchev–Trinajstić information content (AvgIpc) is 2.56. The summed E-state index contributed by atoms with van der Waals surface area (Å²) >= 11 is 1.55. The van der Waals surface area contributed by atoms with Crippen molar-refractivity contribution in [2.75, 3.05) is 13.1 Å². The molecule has 0 bridgehead atoms. The summed E-state index contributed by atoms with van der Waals surface area (Å²) < 4.78 is 5.31. The Morgan fingerprint density at radius 2 is 2.25 bits per heavy atom. The van der Waals surface area contributed by atoms with Crippen molar-refractivity contribution in [3.05, 3.63) is 0 Å². The maximum absolute atomic E-state index is 11.8. The molecule has 0 radical (unpaired) electrons.